The van der Waals surface area contributed by atoms with Crippen LogP contribution < -0.4 is 21.3 Å². The first-order valence-corrected chi connectivity index (χ1v) is 21.2. The SMILES string of the molecule is CNCCOCCOCCOCCC(=O)NC1CCC(C(=O)NCCCC2(C(=O)N3CCc4ncc(C(F)(F)F)cc4C3)CCC(NC3CCOCC3OC)C2)CC1. The van der Waals surface area contributed by atoms with E-state index in [1.165, 1.54) is 0 Å². The van der Waals surface area contributed by atoms with Crippen molar-refractivity contribution in [2.75, 3.05) is 86.6 Å². The molecule has 58 heavy (non-hydrogen) atoms. The number of fused-ring (bicyclic) bond motifs is 1. The number of rotatable bonds is 22. The summed E-state index contributed by atoms with van der Waals surface area (Å²) in [5, 5.41) is 12.9. The van der Waals surface area contributed by atoms with Crippen molar-refractivity contribution in [2.45, 2.75) is 114 Å². The van der Waals surface area contributed by atoms with Crippen LogP contribution in [0.15, 0.2) is 12.3 Å². The molecule has 3 heterocycles. The van der Waals surface area contributed by atoms with Crippen molar-refractivity contribution in [3.8, 4) is 0 Å². The van der Waals surface area contributed by atoms with E-state index >= 15 is 0 Å². The smallest absolute Gasteiger partial charge is 0.379 e. The Labute approximate surface area is 340 Å². The maximum atomic E-state index is 14.5. The van der Waals surface area contributed by atoms with Gasteiger partial charge in [0.25, 0.3) is 0 Å². The largest absolute Gasteiger partial charge is 0.417 e. The molecule has 1 aromatic rings. The zero-order valence-electron chi connectivity index (χ0n) is 34.3. The Balaban J connectivity index is 1.05. The van der Waals surface area contributed by atoms with Crippen LogP contribution in [-0.2, 0) is 57.2 Å². The Kier molecular flexibility index (Phi) is 18.4. The first-order valence-electron chi connectivity index (χ1n) is 21.2. The number of nitrogens with zero attached hydrogens (tertiary/aromatic N) is 2. The number of halogens is 3. The van der Waals surface area contributed by atoms with E-state index in [0.29, 0.717) is 122 Å². The number of alkyl halides is 3. The van der Waals surface area contributed by atoms with Gasteiger partial charge >= 0.3 is 6.18 Å². The second-order valence-electron chi connectivity index (χ2n) is 16.1. The summed E-state index contributed by atoms with van der Waals surface area (Å²) < 4.78 is 68.2. The van der Waals surface area contributed by atoms with Gasteiger partial charge in [0.2, 0.25) is 17.7 Å². The normalized spacial score (nSPS) is 26.3. The van der Waals surface area contributed by atoms with Gasteiger partial charge in [0.1, 0.15) is 0 Å². The van der Waals surface area contributed by atoms with Crippen LogP contribution >= 0.6 is 0 Å². The predicted molar refractivity (Wildman–Crippen MR) is 209 cm³/mol. The summed E-state index contributed by atoms with van der Waals surface area (Å²) in [7, 11) is 3.54. The molecule has 0 radical (unpaired) electrons. The van der Waals surface area contributed by atoms with E-state index in [0.717, 1.165) is 44.5 Å². The highest BCUT2D eigenvalue weighted by atomic mass is 19.4. The summed E-state index contributed by atoms with van der Waals surface area (Å²) in [4.78, 5) is 46.0. The number of amides is 3. The van der Waals surface area contributed by atoms with Gasteiger partial charge < -0.3 is 49.9 Å². The molecule has 2 aliphatic carbocycles. The second kappa shape index (κ2) is 23.2. The summed E-state index contributed by atoms with van der Waals surface area (Å²) in [6.07, 6.45) is 3.69. The van der Waals surface area contributed by atoms with E-state index in [1.54, 1.807) is 12.0 Å². The van der Waals surface area contributed by atoms with Crippen molar-refractivity contribution in [3.05, 3.63) is 29.1 Å². The molecule has 0 aromatic carbocycles. The molecule has 5 rings (SSSR count). The fourth-order valence-corrected chi connectivity index (χ4v) is 8.79. The zero-order valence-corrected chi connectivity index (χ0v) is 34.3. The van der Waals surface area contributed by atoms with Crippen LogP contribution in [0.5, 0.6) is 0 Å². The van der Waals surface area contributed by atoms with E-state index in [1.807, 2.05) is 7.05 Å². The molecule has 3 amide bonds. The molecule has 17 heteroatoms. The third-order valence-electron chi connectivity index (χ3n) is 12.1. The topological polar surface area (TPSA) is 162 Å². The lowest BCUT2D eigenvalue weighted by Gasteiger charge is -2.38. The van der Waals surface area contributed by atoms with E-state index in [-0.39, 0.29) is 60.8 Å². The maximum Gasteiger partial charge on any atom is 0.417 e. The van der Waals surface area contributed by atoms with Gasteiger partial charge in [-0.3, -0.25) is 19.4 Å². The Bertz CT molecular complexity index is 1450. The number of carbonyl (C=O) groups excluding carboxylic acids is 3. The van der Waals surface area contributed by atoms with Gasteiger partial charge in [-0.15, -0.1) is 0 Å². The van der Waals surface area contributed by atoms with Gasteiger partial charge in [-0.2, -0.15) is 13.2 Å². The Hall–Kier alpha value is -2.93. The zero-order chi connectivity index (χ0) is 41.4. The van der Waals surface area contributed by atoms with Crippen LogP contribution in [-0.4, -0.2) is 138 Å². The number of ether oxygens (including phenoxy) is 5. The summed E-state index contributed by atoms with van der Waals surface area (Å²) in [5.41, 5.74) is -0.482. The molecule has 2 aliphatic heterocycles. The average molecular weight is 827 g/mol. The minimum atomic E-state index is -4.52. The Morgan fingerprint density at radius 1 is 0.966 bits per heavy atom. The summed E-state index contributed by atoms with van der Waals surface area (Å²) in [6.45, 7) is 5.67. The second-order valence-corrected chi connectivity index (χ2v) is 16.1. The monoisotopic (exact) mass is 826 g/mol. The first kappa shape index (κ1) is 46.1. The third kappa shape index (κ3) is 13.8. The lowest BCUT2D eigenvalue weighted by atomic mass is 9.79. The molecule has 4 atom stereocenters. The highest BCUT2D eigenvalue weighted by Crippen LogP contribution is 2.45. The molecule has 4 N–H and O–H groups in total. The van der Waals surface area contributed by atoms with Crippen molar-refractivity contribution in [3.63, 3.8) is 0 Å². The molecule has 0 bridgehead atoms. The van der Waals surface area contributed by atoms with Gasteiger partial charge in [0.05, 0.1) is 63.3 Å². The summed E-state index contributed by atoms with van der Waals surface area (Å²) in [5.74, 6) is -0.262. The molecule has 328 valence electrons. The lowest BCUT2D eigenvalue weighted by Crippen LogP contribution is -2.51. The van der Waals surface area contributed by atoms with E-state index in [4.69, 9.17) is 23.7 Å². The van der Waals surface area contributed by atoms with Crippen molar-refractivity contribution in [1.82, 2.24) is 31.2 Å². The van der Waals surface area contributed by atoms with Crippen LogP contribution in [0, 0.1) is 11.3 Å². The van der Waals surface area contributed by atoms with E-state index in [9.17, 15) is 27.6 Å². The fraction of sp³-hybridized carbons (Fsp3) is 0.805. The van der Waals surface area contributed by atoms with Crippen LogP contribution in [0.25, 0.3) is 0 Å². The molecule has 0 spiro atoms. The molecular weight excluding hydrogens is 761 g/mol. The lowest BCUT2D eigenvalue weighted by molar-refractivity contribution is -0.143. The Morgan fingerprint density at radius 3 is 2.43 bits per heavy atom. The van der Waals surface area contributed by atoms with Gasteiger partial charge in [-0.1, -0.05) is 0 Å². The van der Waals surface area contributed by atoms with Crippen LogP contribution in [0.4, 0.5) is 13.2 Å². The predicted octanol–water partition coefficient (Wildman–Crippen LogP) is 3.15. The summed E-state index contributed by atoms with van der Waals surface area (Å²) >= 11 is 0. The van der Waals surface area contributed by atoms with Crippen molar-refractivity contribution in [1.29, 1.82) is 0 Å². The highest BCUT2D eigenvalue weighted by Gasteiger charge is 2.48. The first-order chi connectivity index (χ1) is 28.0. The number of carbonyl (C=O) groups is 3. The molecule has 3 fully saturated rings. The number of hydrogen-bond donors (Lipinski definition) is 4. The van der Waals surface area contributed by atoms with Gasteiger partial charge in [-0.05, 0) is 82.9 Å². The molecule has 1 aromatic heterocycles. The number of aromatic nitrogens is 1. The molecule has 2 saturated carbocycles. The van der Waals surface area contributed by atoms with E-state index < -0.39 is 17.2 Å². The number of pyridine rings is 1. The standard InChI is InChI=1S/C41H65F3N6O8/c1-45-15-19-56-21-23-57-22-20-55-18-11-37(51)49-32-6-4-29(5-7-32)38(52)46-14-3-12-40(13-8-33(25-40)48-35-10-17-58-28-36(35)54-2)39(53)50-16-9-34-30(27-50)24-31(26-47-34)41(42,43)44/h24,26,29,32-33,35-36,45,48H,3-23,25,27-28H2,1-2H3,(H,46,52)(H,49,51). The molecular formula is C41H65F3N6O8. The molecule has 4 unspecified atom stereocenters. The highest BCUT2D eigenvalue weighted by molar-refractivity contribution is 5.83. The average Bonchev–Trinajstić information content (AvgIpc) is 3.64. The van der Waals surface area contributed by atoms with Gasteiger partial charge in [-0.25, -0.2) is 0 Å². The van der Waals surface area contributed by atoms with Crippen molar-refractivity contribution in [2.24, 2.45) is 11.3 Å². The fourth-order valence-electron chi connectivity index (χ4n) is 8.79. The van der Waals surface area contributed by atoms with Gasteiger partial charge in [0, 0.05) is 88.7 Å². The minimum Gasteiger partial charge on any atom is -0.379 e. The quantitative estimate of drug-likeness (QED) is 0.127. The van der Waals surface area contributed by atoms with Crippen LogP contribution in [0.1, 0.15) is 87.4 Å². The number of nitrogens with one attached hydrogen (secondary N) is 4. The third-order valence-corrected chi connectivity index (χ3v) is 12.1. The molecule has 1 saturated heterocycles. The van der Waals surface area contributed by atoms with Crippen molar-refractivity contribution < 1.29 is 51.2 Å². The summed E-state index contributed by atoms with van der Waals surface area (Å²) in [6, 6.07) is 1.32. The van der Waals surface area contributed by atoms with Gasteiger partial charge in [0.15, 0.2) is 0 Å². The van der Waals surface area contributed by atoms with Crippen LogP contribution in [0.2, 0.25) is 0 Å². The molecule has 14 nitrogen and oxygen atoms in total. The number of likely N-dealkylation sites (N-methyl/N-ethyl adjacent to an activating group) is 1. The van der Waals surface area contributed by atoms with E-state index in [2.05, 4.69) is 26.3 Å². The number of hydrogen-bond acceptors (Lipinski definition) is 11. The number of methoxy groups -OCH3 is 1. The Morgan fingerprint density at radius 2 is 1.71 bits per heavy atom. The minimum absolute atomic E-state index is 0.0120. The maximum absolute atomic E-state index is 14.5. The molecule has 4 aliphatic rings. The van der Waals surface area contributed by atoms with Crippen LogP contribution in [0.3, 0.4) is 0 Å². The van der Waals surface area contributed by atoms with Crippen molar-refractivity contribution >= 4 is 17.7 Å².